The Labute approximate surface area is 342 Å². The van der Waals surface area contributed by atoms with Crippen LogP contribution in [-0.2, 0) is 32.2 Å². The molecular formula is C43H49N3O13. The molecule has 0 N–H and O–H groups in total. The fourth-order valence-electron chi connectivity index (χ4n) is 5.14. The van der Waals surface area contributed by atoms with E-state index in [0.717, 1.165) is 0 Å². The van der Waals surface area contributed by atoms with Gasteiger partial charge in [-0.3, -0.25) is 14.2 Å². The lowest BCUT2D eigenvalue weighted by molar-refractivity contribution is -0.0119. The molecule has 0 saturated carbocycles. The molecule has 0 atom stereocenters. The molecule has 1 aromatic heterocycles. The summed E-state index contributed by atoms with van der Waals surface area (Å²) < 4.78 is 39.1. The molecule has 0 aliphatic rings. The Morgan fingerprint density at radius 2 is 0.898 bits per heavy atom. The van der Waals surface area contributed by atoms with E-state index in [4.69, 9.17) is 33.2 Å². The molecular weight excluding hydrogens is 766 g/mol. The van der Waals surface area contributed by atoms with Crippen molar-refractivity contribution >= 4 is 36.1 Å². The van der Waals surface area contributed by atoms with Crippen molar-refractivity contribution in [1.82, 2.24) is 14.4 Å². The van der Waals surface area contributed by atoms with E-state index in [1.165, 1.54) is 98.2 Å². The van der Waals surface area contributed by atoms with E-state index in [9.17, 15) is 28.8 Å². The number of rotatable bonds is 12. The number of amides is 2. The predicted molar refractivity (Wildman–Crippen MR) is 213 cm³/mol. The van der Waals surface area contributed by atoms with Crippen LogP contribution < -0.4 is 14.2 Å². The second-order valence-corrected chi connectivity index (χ2v) is 15.5. The van der Waals surface area contributed by atoms with Gasteiger partial charge < -0.3 is 43.0 Å². The summed E-state index contributed by atoms with van der Waals surface area (Å²) in [5, 5.41) is 0. The van der Waals surface area contributed by atoms with Crippen molar-refractivity contribution in [2.24, 2.45) is 0 Å². The fourth-order valence-corrected chi connectivity index (χ4v) is 5.14. The van der Waals surface area contributed by atoms with Gasteiger partial charge in [0.1, 0.15) is 30.2 Å². The molecule has 0 radical (unpaired) electrons. The quantitative estimate of drug-likeness (QED) is 0.131. The van der Waals surface area contributed by atoms with Crippen LogP contribution in [0.15, 0.2) is 72.8 Å². The standard InChI is InChI=1S/C43H49N3O13/c1-42(2,3)58-40(51)54-24-26-12-16-28(17-13-26)38(49)56-34-32(36(47)44(7)8)46(30-20-22-31(53-11)23-21-30)33(37(48)45(9)10)35(34)57-39(50)29-18-14-27(15-19-29)25-55-41(52)59-43(4,5)6/h12-23H,24-25H2,1-11H3. The molecule has 0 unspecified atom stereocenters. The van der Waals surface area contributed by atoms with Gasteiger partial charge >= 0.3 is 24.2 Å². The Balaban J connectivity index is 1.80. The molecule has 0 aliphatic heterocycles. The number of aromatic nitrogens is 1. The summed E-state index contributed by atoms with van der Waals surface area (Å²) in [5.41, 5.74) is -0.782. The minimum atomic E-state index is -0.972. The molecule has 16 nitrogen and oxygen atoms in total. The van der Waals surface area contributed by atoms with E-state index in [1.807, 2.05) is 0 Å². The molecule has 4 aromatic rings. The maximum atomic E-state index is 14.1. The van der Waals surface area contributed by atoms with Gasteiger partial charge in [-0.25, -0.2) is 19.2 Å². The van der Waals surface area contributed by atoms with Gasteiger partial charge in [-0.1, -0.05) is 24.3 Å². The molecule has 1 heterocycles. The molecule has 0 aliphatic carbocycles. The molecule has 0 bridgehead atoms. The zero-order valence-electron chi connectivity index (χ0n) is 35.0. The van der Waals surface area contributed by atoms with Crippen molar-refractivity contribution in [1.29, 1.82) is 0 Å². The molecule has 16 heteroatoms. The SMILES string of the molecule is COc1ccc(-n2c(C(=O)N(C)C)c(OC(=O)c3ccc(COC(=O)OC(C)(C)C)cc3)c(OC(=O)c3ccc(COC(=O)OC(C)(C)C)cc3)c2C(=O)N(C)C)cc1. The zero-order valence-corrected chi connectivity index (χ0v) is 35.0. The van der Waals surface area contributed by atoms with Crippen molar-refractivity contribution < 1.29 is 61.9 Å². The first-order valence-electron chi connectivity index (χ1n) is 18.3. The number of carbonyl (C=O) groups is 6. The smallest absolute Gasteiger partial charge is 0.497 e. The number of carbonyl (C=O) groups excluding carboxylic acids is 6. The van der Waals surface area contributed by atoms with Crippen LogP contribution in [-0.4, -0.2) is 96.9 Å². The van der Waals surface area contributed by atoms with E-state index in [0.29, 0.717) is 16.9 Å². The van der Waals surface area contributed by atoms with Gasteiger partial charge in [-0.2, -0.15) is 0 Å². The van der Waals surface area contributed by atoms with E-state index in [1.54, 1.807) is 65.8 Å². The average molecular weight is 816 g/mol. The third kappa shape index (κ3) is 12.1. The molecule has 59 heavy (non-hydrogen) atoms. The van der Waals surface area contributed by atoms with E-state index in [-0.39, 0.29) is 41.4 Å². The molecule has 314 valence electrons. The van der Waals surface area contributed by atoms with Gasteiger partial charge in [-0.15, -0.1) is 0 Å². The van der Waals surface area contributed by atoms with Crippen LogP contribution in [0.25, 0.3) is 5.69 Å². The molecule has 0 fully saturated rings. The van der Waals surface area contributed by atoms with Gasteiger partial charge in [0.2, 0.25) is 11.5 Å². The number of methoxy groups -OCH3 is 1. The van der Waals surface area contributed by atoms with Crippen molar-refractivity contribution in [3.8, 4) is 22.9 Å². The van der Waals surface area contributed by atoms with Crippen LogP contribution in [0.4, 0.5) is 9.59 Å². The zero-order chi connectivity index (χ0) is 43.8. The molecule has 2 amide bonds. The normalized spacial score (nSPS) is 11.2. The summed E-state index contributed by atoms with van der Waals surface area (Å²) in [7, 11) is 7.33. The first kappa shape index (κ1) is 44.9. The van der Waals surface area contributed by atoms with Crippen LogP contribution in [0.1, 0.15) is 94.4 Å². The second kappa shape index (κ2) is 18.6. The minimum absolute atomic E-state index is 0.00780. The maximum Gasteiger partial charge on any atom is 0.509 e. The van der Waals surface area contributed by atoms with Gasteiger partial charge in [-0.05, 0) is 101 Å². The van der Waals surface area contributed by atoms with Crippen LogP contribution in [0.3, 0.4) is 0 Å². The van der Waals surface area contributed by atoms with Crippen molar-refractivity contribution in [2.45, 2.75) is 66.0 Å². The van der Waals surface area contributed by atoms with Gasteiger partial charge in [0.25, 0.3) is 11.8 Å². The Bertz CT molecular complexity index is 2040. The molecule has 3 aromatic carbocycles. The predicted octanol–water partition coefficient (Wildman–Crippen LogP) is 7.23. The number of hydrogen-bond acceptors (Lipinski definition) is 13. The number of hydrogen-bond donors (Lipinski definition) is 0. The summed E-state index contributed by atoms with van der Waals surface area (Å²) in [4.78, 5) is 82.6. The second-order valence-electron chi connectivity index (χ2n) is 15.5. The lowest BCUT2D eigenvalue weighted by Crippen LogP contribution is -2.28. The van der Waals surface area contributed by atoms with Gasteiger partial charge in [0, 0.05) is 33.9 Å². The minimum Gasteiger partial charge on any atom is -0.497 e. The third-order valence-electron chi connectivity index (χ3n) is 7.89. The number of benzene rings is 3. The first-order chi connectivity index (χ1) is 27.6. The summed E-state index contributed by atoms with van der Waals surface area (Å²) in [6, 6.07) is 18.1. The van der Waals surface area contributed by atoms with E-state index >= 15 is 0 Å². The fraction of sp³-hybridized carbons (Fsp3) is 0.349. The van der Waals surface area contributed by atoms with E-state index in [2.05, 4.69) is 0 Å². The van der Waals surface area contributed by atoms with Crippen LogP contribution in [0.5, 0.6) is 17.2 Å². The molecule has 0 spiro atoms. The lowest BCUT2D eigenvalue weighted by atomic mass is 10.1. The Morgan fingerprint density at radius 3 is 1.20 bits per heavy atom. The van der Waals surface area contributed by atoms with Crippen molar-refractivity contribution in [3.05, 3.63) is 106 Å². The van der Waals surface area contributed by atoms with E-state index < -0.39 is 58.8 Å². The maximum absolute atomic E-state index is 14.1. The van der Waals surface area contributed by atoms with Crippen molar-refractivity contribution in [3.63, 3.8) is 0 Å². The Kier molecular flexibility index (Phi) is 14.2. The summed E-state index contributed by atoms with van der Waals surface area (Å²) in [6.07, 6.45) is -1.73. The number of esters is 2. The van der Waals surface area contributed by atoms with Crippen molar-refractivity contribution in [2.75, 3.05) is 35.3 Å². The topological polar surface area (TPSA) is 178 Å². The monoisotopic (exact) mass is 815 g/mol. The lowest BCUT2D eigenvalue weighted by Gasteiger charge is -2.18. The van der Waals surface area contributed by atoms with Crippen LogP contribution in [0.2, 0.25) is 0 Å². The third-order valence-corrected chi connectivity index (χ3v) is 7.89. The number of nitrogens with zero attached hydrogens (tertiary/aromatic N) is 3. The molecule has 4 rings (SSSR count). The Hall–Kier alpha value is -6.84. The highest BCUT2D eigenvalue weighted by atomic mass is 16.7. The highest BCUT2D eigenvalue weighted by Crippen LogP contribution is 2.43. The highest BCUT2D eigenvalue weighted by molar-refractivity contribution is 6.07. The first-order valence-corrected chi connectivity index (χ1v) is 18.3. The highest BCUT2D eigenvalue weighted by Gasteiger charge is 2.38. The summed E-state index contributed by atoms with van der Waals surface area (Å²) in [5.74, 6) is -3.91. The molecule has 0 saturated heterocycles. The summed E-state index contributed by atoms with van der Waals surface area (Å²) >= 11 is 0. The summed E-state index contributed by atoms with van der Waals surface area (Å²) in [6.45, 7) is 9.92. The van der Waals surface area contributed by atoms with Crippen LogP contribution in [0, 0.1) is 0 Å². The van der Waals surface area contributed by atoms with Crippen LogP contribution >= 0.6 is 0 Å². The number of ether oxygens (including phenoxy) is 7. The largest absolute Gasteiger partial charge is 0.509 e. The van der Waals surface area contributed by atoms with Gasteiger partial charge in [0.15, 0.2) is 11.4 Å². The average Bonchev–Trinajstić information content (AvgIpc) is 3.46. The van der Waals surface area contributed by atoms with Gasteiger partial charge in [0.05, 0.1) is 18.2 Å². The Morgan fingerprint density at radius 1 is 0.542 bits per heavy atom.